The van der Waals surface area contributed by atoms with Crippen LogP contribution in [0.3, 0.4) is 0 Å². The smallest absolute Gasteiger partial charge is 0.416 e. The maximum Gasteiger partial charge on any atom is 0.416 e. The van der Waals surface area contributed by atoms with Crippen molar-refractivity contribution in [2.75, 3.05) is 4.90 Å². The number of carboxylic acids is 1. The summed E-state index contributed by atoms with van der Waals surface area (Å²) in [5, 5.41) is 9.92. The molecule has 0 saturated heterocycles. The summed E-state index contributed by atoms with van der Waals surface area (Å²) in [5.41, 5.74) is -1.44. The van der Waals surface area contributed by atoms with Crippen molar-refractivity contribution in [2.24, 2.45) is 5.41 Å². The Morgan fingerprint density at radius 3 is 2.30 bits per heavy atom. The average molecular weight is 479 g/mol. The van der Waals surface area contributed by atoms with Gasteiger partial charge in [-0.15, -0.1) is 0 Å². The van der Waals surface area contributed by atoms with Gasteiger partial charge in [0.1, 0.15) is 22.4 Å². The summed E-state index contributed by atoms with van der Waals surface area (Å²) in [5.74, 6) is -1.19. The Bertz CT molecular complexity index is 1090. The van der Waals surface area contributed by atoms with Crippen molar-refractivity contribution in [3.63, 3.8) is 0 Å². The number of aliphatic carboxylic acids is 1. The van der Waals surface area contributed by atoms with E-state index in [4.69, 9.17) is 4.74 Å². The minimum atomic E-state index is -3.84. The molecule has 11 heteroatoms. The fraction of sp³-hybridized carbons (Fsp3) is 0.455. The van der Waals surface area contributed by atoms with Crippen LogP contribution in [0.4, 0.5) is 10.6 Å². The Morgan fingerprint density at radius 1 is 1.12 bits per heavy atom. The van der Waals surface area contributed by atoms with Gasteiger partial charge in [0.05, 0.1) is 12.2 Å². The molecule has 0 aliphatic rings. The van der Waals surface area contributed by atoms with Gasteiger partial charge in [0.15, 0.2) is 0 Å². The number of carboxylic acid groups (broad SMARTS) is 1. The number of rotatable bonds is 7. The van der Waals surface area contributed by atoms with Gasteiger partial charge in [-0.3, -0.25) is 4.98 Å². The molecule has 0 saturated carbocycles. The van der Waals surface area contributed by atoms with Gasteiger partial charge in [0.25, 0.3) is 0 Å². The number of anilines is 1. The van der Waals surface area contributed by atoms with Gasteiger partial charge in [-0.2, -0.15) is 0 Å². The first-order valence-corrected chi connectivity index (χ1v) is 11.7. The largest absolute Gasteiger partial charge is 0.480 e. The Labute approximate surface area is 194 Å². The maximum atomic E-state index is 13.0. The van der Waals surface area contributed by atoms with Gasteiger partial charge < -0.3 is 9.84 Å². The second kappa shape index (κ2) is 9.84. The molecule has 2 N–H and O–H groups in total. The molecule has 1 amide bonds. The summed E-state index contributed by atoms with van der Waals surface area (Å²) in [4.78, 5) is 34.3. The van der Waals surface area contributed by atoms with E-state index in [0.29, 0.717) is 0 Å². The van der Waals surface area contributed by atoms with Crippen LogP contribution >= 0.6 is 0 Å². The monoisotopic (exact) mass is 478 g/mol. The Hall–Kier alpha value is -3.05. The lowest BCUT2D eigenvalue weighted by molar-refractivity contribution is -0.141. The van der Waals surface area contributed by atoms with Gasteiger partial charge >= 0.3 is 12.1 Å². The van der Waals surface area contributed by atoms with Crippen LogP contribution in [0.5, 0.6) is 0 Å². The molecule has 0 bridgehead atoms. The summed E-state index contributed by atoms with van der Waals surface area (Å²) in [6.45, 7) is 9.91. The maximum absolute atomic E-state index is 13.0. The molecule has 0 aliphatic heterocycles. The molecule has 1 unspecified atom stereocenters. The number of nitrogens with one attached hydrogen (secondary N) is 1. The SMILES string of the molecule is CC(C)(C)OC(=O)N(c1cccc(CNS(=O)(=O)c2cccnc2)n1)C(C(=O)O)C(C)(C)C. The van der Waals surface area contributed by atoms with Gasteiger partial charge in [0.2, 0.25) is 10.0 Å². The summed E-state index contributed by atoms with van der Waals surface area (Å²) in [6, 6.07) is 6.23. The van der Waals surface area contributed by atoms with E-state index < -0.39 is 39.1 Å². The third-order valence-corrected chi connectivity index (χ3v) is 5.72. The van der Waals surface area contributed by atoms with E-state index in [1.807, 2.05) is 0 Å². The first-order chi connectivity index (χ1) is 15.1. The highest BCUT2D eigenvalue weighted by molar-refractivity contribution is 7.89. The molecule has 33 heavy (non-hydrogen) atoms. The number of carbonyl (C=O) groups excluding carboxylic acids is 1. The Morgan fingerprint density at radius 2 is 1.79 bits per heavy atom. The van der Waals surface area contributed by atoms with Crippen molar-refractivity contribution in [1.82, 2.24) is 14.7 Å². The van der Waals surface area contributed by atoms with Gasteiger partial charge in [-0.05, 0) is 50.5 Å². The van der Waals surface area contributed by atoms with E-state index in [0.717, 1.165) is 4.90 Å². The highest BCUT2D eigenvalue weighted by atomic mass is 32.2. The highest BCUT2D eigenvalue weighted by Gasteiger charge is 2.42. The molecule has 0 aromatic carbocycles. The zero-order valence-electron chi connectivity index (χ0n) is 19.6. The van der Waals surface area contributed by atoms with Crippen LogP contribution in [0.25, 0.3) is 0 Å². The second-order valence-corrected chi connectivity index (χ2v) is 11.2. The normalized spacial score (nSPS) is 13.3. The van der Waals surface area contributed by atoms with Crippen molar-refractivity contribution in [1.29, 1.82) is 0 Å². The zero-order valence-corrected chi connectivity index (χ0v) is 20.4. The molecule has 180 valence electrons. The van der Waals surface area contributed by atoms with Crippen LogP contribution in [0, 0.1) is 5.41 Å². The number of aromatic nitrogens is 2. The summed E-state index contributed by atoms with van der Waals surface area (Å²) in [7, 11) is -3.84. The number of pyridine rings is 2. The molecule has 2 aromatic heterocycles. The molecule has 0 radical (unpaired) electrons. The number of sulfonamides is 1. The molecule has 2 heterocycles. The minimum Gasteiger partial charge on any atom is -0.480 e. The number of hydrogen-bond acceptors (Lipinski definition) is 7. The molecule has 0 aliphatic carbocycles. The minimum absolute atomic E-state index is 0.00444. The Kier molecular flexibility index (Phi) is 7.81. The molecular formula is C22H30N4O6S. The summed E-state index contributed by atoms with van der Waals surface area (Å²) in [6.07, 6.45) is 1.81. The molecule has 1 atom stereocenters. The Balaban J connectivity index is 2.41. The predicted molar refractivity (Wildman–Crippen MR) is 122 cm³/mol. The zero-order chi connectivity index (χ0) is 25.0. The quantitative estimate of drug-likeness (QED) is 0.618. The van der Waals surface area contributed by atoms with Crippen LogP contribution in [0.15, 0.2) is 47.6 Å². The number of hydrogen-bond donors (Lipinski definition) is 2. The molecule has 2 rings (SSSR count). The van der Waals surface area contributed by atoms with Crippen LogP contribution < -0.4 is 9.62 Å². The molecule has 0 fully saturated rings. The van der Waals surface area contributed by atoms with Crippen LogP contribution in [-0.4, -0.2) is 47.2 Å². The molecule has 2 aromatic rings. The van der Waals surface area contributed by atoms with Crippen molar-refractivity contribution >= 4 is 27.9 Å². The highest BCUT2D eigenvalue weighted by Crippen LogP contribution is 2.30. The van der Waals surface area contributed by atoms with E-state index in [2.05, 4.69) is 14.7 Å². The fourth-order valence-corrected chi connectivity index (χ4v) is 3.93. The molecule has 0 spiro atoms. The van der Waals surface area contributed by atoms with Crippen molar-refractivity contribution in [2.45, 2.75) is 64.6 Å². The van der Waals surface area contributed by atoms with Crippen LogP contribution in [0.2, 0.25) is 0 Å². The third kappa shape index (κ3) is 7.22. The lowest BCUT2D eigenvalue weighted by Crippen LogP contribution is -2.54. The summed E-state index contributed by atoms with van der Waals surface area (Å²) >= 11 is 0. The van der Waals surface area contributed by atoms with E-state index in [9.17, 15) is 23.1 Å². The first kappa shape index (κ1) is 26.2. The lowest BCUT2D eigenvalue weighted by Gasteiger charge is -2.37. The molecule has 10 nitrogen and oxygen atoms in total. The summed E-state index contributed by atoms with van der Waals surface area (Å²) < 4.78 is 32.8. The number of carbonyl (C=O) groups is 2. The second-order valence-electron chi connectivity index (χ2n) is 9.46. The fourth-order valence-electron chi connectivity index (χ4n) is 2.97. The molecular weight excluding hydrogens is 448 g/mol. The van der Waals surface area contributed by atoms with Gasteiger partial charge in [-0.25, -0.2) is 32.6 Å². The van der Waals surface area contributed by atoms with E-state index >= 15 is 0 Å². The standard InChI is InChI=1S/C22H30N4O6S/c1-21(2,3)18(19(27)28)26(20(29)32-22(4,5)6)17-11-7-9-15(25-17)13-24-33(30,31)16-10-8-12-23-14-16/h7-12,14,18,24H,13H2,1-6H3,(H,27,28). The number of nitrogens with zero attached hydrogens (tertiary/aromatic N) is 3. The van der Waals surface area contributed by atoms with Crippen molar-refractivity contribution in [3.05, 3.63) is 48.4 Å². The predicted octanol–water partition coefficient (Wildman–Crippen LogP) is 3.20. The first-order valence-electron chi connectivity index (χ1n) is 10.2. The van der Waals surface area contributed by atoms with Crippen LogP contribution in [-0.2, 0) is 26.1 Å². The number of amides is 1. The van der Waals surface area contributed by atoms with Crippen molar-refractivity contribution < 1.29 is 27.9 Å². The van der Waals surface area contributed by atoms with E-state index in [1.165, 1.54) is 30.6 Å². The third-order valence-electron chi connectivity index (χ3n) is 4.33. The average Bonchev–Trinajstić information content (AvgIpc) is 2.68. The van der Waals surface area contributed by atoms with Gasteiger partial charge in [-0.1, -0.05) is 26.8 Å². The van der Waals surface area contributed by atoms with E-state index in [1.54, 1.807) is 53.7 Å². The van der Waals surface area contributed by atoms with Crippen molar-refractivity contribution in [3.8, 4) is 0 Å². The van der Waals surface area contributed by atoms with Crippen LogP contribution in [0.1, 0.15) is 47.2 Å². The number of ether oxygens (including phenoxy) is 1. The topological polar surface area (TPSA) is 139 Å². The van der Waals surface area contributed by atoms with Gasteiger partial charge in [0, 0.05) is 12.4 Å². The lowest BCUT2D eigenvalue weighted by atomic mass is 9.85. The van der Waals surface area contributed by atoms with E-state index in [-0.39, 0.29) is 23.0 Å².